The molecule has 6 nitrogen and oxygen atoms in total. The molecule has 0 unspecified atom stereocenters. The summed E-state index contributed by atoms with van der Waals surface area (Å²) in [6, 6.07) is 21.6. The molecule has 1 saturated carbocycles. The van der Waals surface area contributed by atoms with Crippen LogP contribution in [-0.4, -0.2) is 23.6 Å². The Morgan fingerprint density at radius 3 is 1.77 bits per heavy atom. The first-order chi connectivity index (χ1) is 21.2. The number of nitrogens with zero attached hydrogens (tertiary/aromatic N) is 2. The molecule has 2 heterocycles. The fourth-order valence-corrected chi connectivity index (χ4v) is 9.10. The van der Waals surface area contributed by atoms with Crippen LogP contribution >= 0.6 is 0 Å². The van der Waals surface area contributed by atoms with E-state index >= 15 is 0 Å². The van der Waals surface area contributed by atoms with E-state index in [1.807, 2.05) is 82.3 Å². The Labute approximate surface area is 257 Å². The first-order valence-corrected chi connectivity index (χ1v) is 15.5. The van der Waals surface area contributed by atoms with Crippen LogP contribution in [0, 0.1) is 69.1 Å². The van der Waals surface area contributed by atoms with Crippen LogP contribution in [0.3, 0.4) is 0 Å². The van der Waals surface area contributed by atoms with Crippen molar-refractivity contribution in [2.75, 3.05) is 9.80 Å². The fraction of sp³-hybridized carbons (Fsp3) is 0.316. The Morgan fingerprint density at radius 2 is 1.16 bits per heavy atom. The van der Waals surface area contributed by atoms with Crippen molar-refractivity contribution in [2.24, 2.45) is 41.4 Å². The number of fused-ring (bicyclic) bond motifs is 1. The summed E-state index contributed by atoms with van der Waals surface area (Å²) in [6.07, 6.45) is 4.60. The standard InChI is InChI=1S/C38H34N2O4/c1-19-10-14-28(21(3)16-19)39-35(41)27-18-26(23-8-6-5-7-9-23)30-24-12-13-25(31(30)34(27)38(39)44)33-32(24)36(42)40(37(33)43)29-15-11-20(2)17-22(29)4/h5-17,24-25,27,31-34H,18H2,1-4H3/t24-,25+,27+,31-,32+,33+,34+/m0/s1. The fourth-order valence-electron chi connectivity index (χ4n) is 9.10. The topological polar surface area (TPSA) is 74.8 Å². The predicted octanol–water partition coefficient (Wildman–Crippen LogP) is 6.12. The molecule has 6 heteroatoms. The van der Waals surface area contributed by atoms with Crippen LogP contribution in [0.5, 0.6) is 0 Å². The second kappa shape index (κ2) is 9.46. The summed E-state index contributed by atoms with van der Waals surface area (Å²) in [5, 5.41) is 0. The van der Waals surface area contributed by atoms with Gasteiger partial charge < -0.3 is 0 Å². The number of imide groups is 2. The largest absolute Gasteiger partial charge is 0.274 e. The first kappa shape index (κ1) is 27.0. The van der Waals surface area contributed by atoms with Gasteiger partial charge in [0.1, 0.15) is 0 Å². The lowest BCUT2D eigenvalue weighted by Gasteiger charge is -2.51. The Balaban J connectivity index is 1.29. The van der Waals surface area contributed by atoms with Crippen LogP contribution in [0.1, 0.15) is 34.2 Å². The average molecular weight is 583 g/mol. The Kier molecular flexibility index (Phi) is 5.80. The van der Waals surface area contributed by atoms with Gasteiger partial charge in [-0.3, -0.25) is 19.2 Å². The van der Waals surface area contributed by atoms with Crippen molar-refractivity contribution in [2.45, 2.75) is 34.1 Å². The molecule has 4 aliphatic carbocycles. The number of aryl methyl sites for hydroxylation is 4. The minimum atomic E-state index is -0.581. The summed E-state index contributed by atoms with van der Waals surface area (Å²) in [4.78, 5) is 60.0. The van der Waals surface area contributed by atoms with E-state index in [2.05, 4.69) is 24.3 Å². The van der Waals surface area contributed by atoms with Gasteiger partial charge in [-0.1, -0.05) is 83.4 Å². The molecule has 44 heavy (non-hydrogen) atoms. The number of carbonyl (C=O) groups excluding carboxylic acids is 4. The molecule has 2 saturated heterocycles. The molecule has 7 atom stereocenters. The third-order valence-corrected chi connectivity index (χ3v) is 10.8. The lowest BCUT2D eigenvalue weighted by molar-refractivity contribution is -0.129. The van der Waals surface area contributed by atoms with E-state index in [0.29, 0.717) is 17.8 Å². The van der Waals surface area contributed by atoms with Gasteiger partial charge in [0.05, 0.1) is 35.0 Å². The maximum Gasteiger partial charge on any atom is 0.238 e. The van der Waals surface area contributed by atoms with Gasteiger partial charge >= 0.3 is 0 Å². The SMILES string of the molecule is Cc1ccc(N2C(=O)[C@@H]3[C@@H]4C=C[C@@H](C5=C(c6ccccc6)C[C@H]6C(=O)N(c7ccc(C)cc7C)C(=O)[C@H]6[C@H]54)[C@H]3C2=O)c(C)c1. The van der Waals surface area contributed by atoms with E-state index in [1.54, 1.807) is 0 Å². The summed E-state index contributed by atoms with van der Waals surface area (Å²) < 4.78 is 0. The summed E-state index contributed by atoms with van der Waals surface area (Å²) in [5.41, 5.74) is 8.28. The molecule has 4 amide bonds. The van der Waals surface area contributed by atoms with E-state index in [-0.39, 0.29) is 41.4 Å². The number of allylic oxidation sites excluding steroid dienone is 4. The van der Waals surface area contributed by atoms with Gasteiger partial charge in [0.2, 0.25) is 23.6 Å². The number of carbonyl (C=O) groups is 4. The van der Waals surface area contributed by atoms with Crippen LogP contribution in [0.15, 0.2) is 84.5 Å². The van der Waals surface area contributed by atoms with E-state index in [9.17, 15) is 19.2 Å². The quantitative estimate of drug-likeness (QED) is 0.276. The third kappa shape index (κ3) is 3.54. The maximum absolute atomic E-state index is 14.5. The van der Waals surface area contributed by atoms with Crippen molar-refractivity contribution in [1.29, 1.82) is 0 Å². The minimum absolute atomic E-state index is 0.169. The van der Waals surface area contributed by atoms with Gasteiger partial charge in [-0.25, -0.2) is 9.80 Å². The molecule has 220 valence electrons. The summed E-state index contributed by atoms with van der Waals surface area (Å²) >= 11 is 0. The van der Waals surface area contributed by atoms with Crippen LogP contribution in [-0.2, 0) is 19.2 Å². The highest BCUT2D eigenvalue weighted by molar-refractivity contribution is 6.25. The molecule has 9 rings (SSSR count). The number of amides is 4. The number of hydrogen-bond acceptors (Lipinski definition) is 4. The monoisotopic (exact) mass is 582 g/mol. The number of benzene rings is 3. The van der Waals surface area contributed by atoms with Crippen molar-refractivity contribution < 1.29 is 19.2 Å². The molecular weight excluding hydrogens is 548 g/mol. The lowest BCUT2D eigenvalue weighted by Crippen LogP contribution is -2.51. The lowest BCUT2D eigenvalue weighted by atomic mass is 9.49. The van der Waals surface area contributed by atoms with Gasteiger partial charge in [0, 0.05) is 11.8 Å². The molecule has 3 fully saturated rings. The van der Waals surface area contributed by atoms with Gasteiger partial charge in [-0.15, -0.1) is 0 Å². The Morgan fingerprint density at radius 1 is 0.591 bits per heavy atom. The second-order valence-corrected chi connectivity index (χ2v) is 13.3. The first-order valence-electron chi connectivity index (χ1n) is 15.5. The van der Waals surface area contributed by atoms with Crippen molar-refractivity contribution in [3.8, 4) is 0 Å². The van der Waals surface area contributed by atoms with Gasteiger partial charge in [0.15, 0.2) is 0 Å². The molecule has 0 aromatic heterocycles. The normalized spacial score (nSPS) is 30.3. The van der Waals surface area contributed by atoms with Crippen LogP contribution in [0.25, 0.3) is 5.57 Å². The molecule has 0 spiro atoms. The van der Waals surface area contributed by atoms with E-state index in [0.717, 1.165) is 39.0 Å². The molecule has 0 radical (unpaired) electrons. The third-order valence-electron chi connectivity index (χ3n) is 10.8. The van der Waals surface area contributed by atoms with Crippen molar-refractivity contribution in [1.82, 2.24) is 0 Å². The zero-order valence-electron chi connectivity index (χ0n) is 25.3. The summed E-state index contributed by atoms with van der Waals surface area (Å²) in [7, 11) is 0. The second-order valence-electron chi connectivity index (χ2n) is 13.3. The average Bonchev–Trinajstić information content (AvgIpc) is 3.43. The number of rotatable bonds is 3. The summed E-state index contributed by atoms with van der Waals surface area (Å²) in [5.74, 6) is -3.93. The highest BCUT2D eigenvalue weighted by atomic mass is 16.2. The predicted molar refractivity (Wildman–Crippen MR) is 168 cm³/mol. The van der Waals surface area contributed by atoms with Gasteiger partial charge in [-0.05, 0) is 74.4 Å². The number of anilines is 2. The van der Waals surface area contributed by atoms with E-state index in [4.69, 9.17) is 0 Å². The van der Waals surface area contributed by atoms with Gasteiger partial charge in [0.25, 0.3) is 0 Å². The molecule has 0 N–H and O–H groups in total. The molecule has 6 aliphatic rings. The Hall–Kier alpha value is -4.58. The zero-order chi connectivity index (χ0) is 30.6. The van der Waals surface area contributed by atoms with Crippen LogP contribution in [0.2, 0.25) is 0 Å². The Bertz CT molecular complexity index is 1870. The molecule has 3 aromatic rings. The highest BCUT2D eigenvalue weighted by Crippen LogP contribution is 2.63. The van der Waals surface area contributed by atoms with E-state index < -0.39 is 23.7 Å². The number of hydrogen-bond donors (Lipinski definition) is 0. The molecule has 3 aromatic carbocycles. The van der Waals surface area contributed by atoms with E-state index in [1.165, 1.54) is 9.80 Å². The van der Waals surface area contributed by atoms with Crippen molar-refractivity contribution >= 4 is 40.6 Å². The highest BCUT2D eigenvalue weighted by Gasteiger charge is 2.67. The van der Waals surface area contributed by atoms with Crippen LogP contribution in [0.4, 0.5) is 11.4 Å². The van der Waals surface area contributed by atoms with Crippen molar-refractivity contribution in [3.05, 3.63) is 112 Å². The zero-order valence-corrected chi connectivity index (χ0v) is 25.3. The van der Waals surface area contributed by atoms with Crippen molar-refractivity contribution in [3.63, 3.8) is 0 Å². The maximum atomic E-state index is 14.5. The molecular formula is C38H34N2O4. The smallest absolute Gasteiger partial charge is 0.238 e. The molecule has 2 aliphatic heterocycles. The van der Waals surface area contributed by atoms with Crippen LogP contribution < -0.4 is 9.80 Å². The minimum Gasteiger partial charge on any atom is -0.274 e. The molecule has 2 bridgehead atoms. The summed E-state index contributed by atoms with van der Waals surface area (Å²) in [6.45, 7) is 7.86. The van der Waals surface area contributed by atoms with Gasteiger partial charge in [-0.2, -0.15) is 0 Å².